The standard InChI is InChI=1S/C18H19N3O10S3/c19-16-5-4-14-15(9-13(10-17(14)22)33(25,26)27)18(16)21-20-11-2-1-3-12(8-11)32(23,24)7-6-31-34(28,29)30/h1-2,4-5,8-10,12,22H,3,6-7,19H2,(H,25,26,27)(H,28,29,30). The number of fused-ring (bicyclic) bond motifs is 1. The number of anilines is 1. The molecule has 0 bridgehead atoms. The highest BCUT2D eigenvalue weighted by Gasteiger charge is 2.25. The predicted molar refractivity (Wildman–Crippen MR) is 121 cm³/mol. The molecule has 5 N–H and O–H groups in total. The van der Waals surface area contributed by atoms with Gasteiger partial charge in [0.05, 0.1) is 33.9 Å². The molecule has 16 heteroatoms. The number of nitrogens with two attached hydrogens (primary N) is 1. The number of benzene rings is 2. The van der Waals surface area contributed by atoms with Crippen LogP contribution in [-0.4, -0.2) is 57.1 Å². The summed E-state index contributed by atoms with van der Waals surface area (Å²) in [6.07, 6.45) is 4.34. The summed E-state index contributed by atoms with van der Waals surface area (Å²) >= 11 is 0. The van der Waals surface area contributed by atoms with Gasteiger partial charge in [-0.05, 0) is 36.8 Å². The molecule has 0 aromatic heterocycles. The van der Waals surface area contributed by atoms with Crippen molar-refractivity contribution in [3.05, 3.63) is 48.2 Å². The Bertz CT molecular complexity index is 1540. The van der Waals surface area contributed by atoms with Crippen molar-refractivity contribution in [2.45, 2.75) is 16.6 Å². The van der Waals surface area contributed by atoms with Gasteiger partial charge in [-0.15, -0.1) is 5.11 Å². The lowest BCUT2D eigenvalue weighted by Gasteiger charge is -2.15. The van der Waals surface area contributed by atoms with Crippen molar-refractivity contribution >= 4 is 52.5 Å². The van der Waals surface area contributed by atoms with Gasteiger partial charge in [-0.1, -0.05) is 6.08 Å². The number of nitrogen functional groups attached to an aromatic ring is 1. The maximum Gasteiger partial charge on any atom is 0.397 e. The molecule has 2 aromatic rings. The van der Waals surface area contributed by atoms with Crippen LogP contribution in [0.3, 0.4) is 0 Å². The molecule has 3 rings (SSSR count). The zero-order valence-electron chi connectivity index (χ0n) is 17.1. The molecule has 0 saturated carbocycles. The minimum atomic E-state index is -4.78. The van der Waals surface area contributed by atoms with E-state index in [9.17, 15) is 34.9 Å². The lowest BCUT2D eigenvalue weighted by Crippen LogP contribution is -2.26. The Labute approximate surface area is 194 Å². The van der Waals surface area contributed by atoms with Gasteiger partial charge in [0.2, 0.25) is 0 Å². The highest BCUT2D eigenvalue weighted by Crippen LogP contribution is 2.38. The van der Waals surface area contributed by atoms with E-state index in [0.29, 0.717) is 0 Å². The first-order valence-corrected chi connectivity index (χ1v) is 13.9. The van der Waals surface area contributed by atoms with Gasteiger partial charge >= 0.3 is 10.4 Å². The number of azo groups is 1. The van der Waals surface area contributed by atoms with Crippen LogP contribution in [0.5, 0.6) is 5.75 Å². The molecule has 13 nitrogen and oxygen atoms in total. The van der Waals surface area contributed by atoms with Crippen LogP contribution >= 0.6 is 0 Å². The summed E-state index contributed by atoms with van der Waals surface area (Å²) in [4.78, 5) is -0.588. The first-order chi connectivity index (χ1) is 15.7. The molecule has 1 atom stereocenters. The van der Waals surface area contributed by atoms with Gasteiger partial charge < -0.3 is 10.8 Å². The van der Waals surface area contributed by atoms with Gasteiger partial charge in [-0.2, -0.15) is 21.9 Å². The largest absolute Gasteiger partial charge is 0.507 e. The van der Waals surface area contributed by atoms with Gasteiger partial charge in [0.15, 0.2) is 9.84 Å². The van der Waals surface area contributed by atoms with Crippen molar-refractivity contribution in [2.75, 3.05) is 18.1 Å². The fourth-order valence-electron chi connectivity index (χ4n) is 3.12. The highest BCUT2D eigenvalue weighted by molar-refractivity contribution is 7.92. The fraction of sp³-hybridized carbons (Fsp3) is 0.222. The minimum Gasteiger partial charge on any atom is -0.507 e. The number of phenols is 1. The Hall–Kier alpha value is -2.89. The number of nitrogens with zero attached hydrogens (tertiary/aromatic N) is 2. The van der Waals surface area contributed by atoms with Gasteiger partial charge in [-0.3, -0.25) is 9.11 Å². The van der Waals surface area contributed by atoms with Gasteiger partial charge in [0.25, 0.3) is 10.1 Å². The summed E-state index contributed by atoms with van der Waals surface area (Å²) in [6, 6.07) is 4.74. The molecule has 0 radical (unpaired) electrons. The van der Waals surface area contributed by atoms with Crippen LogP contribution in [0.15, 0.2) is 63.3 Å². The van der Waals surface area contributed by atoms with Crippen LogP contribution < -0.4 is 5.73 Å². The summed E-state index contributed by atoms with van der Waals surface area (Å²) < 4.78 is 91.1. The Kier molecular flexibility index (Phi) is 7.11. The van der Waals surface area contributed by atoms with E-state index in [4.69, 9.17) is 10.3 Å². The Morgan fingerprint density at radius 1 is 1.03 bits per heavy atom. The van der Waals surface area contributed by atoms with E-state index in [-0.39, 0.29) is 34.3 Å². The molecule has 2 aromatic carbocycles. The van der Waals surface area contributed by atoms with Crippen LogP contribution in [0.2, 0.25) is 0 Å². The summed E-state index contributed by atoms with van der Waals surface area (Å²) in [5.74, 6) is -1.13. The molecule has 1 aliphatic carbocycles. The van der Waals surface area contributed by atoms with E-state index in [1.54, 1.807) is 0 Å². The molecular formula is C18H19N3O10S3. The van der Waals surface area contributed by atoms with Crippen LogP contribution in [-0.2, 0) is 34.5 Å². The average molecular weight is 534 g/mol. The van der Waals surface area contributed by atoms with Crippen molar-refractivity contribution in [3.63, 3.8) is 0 Å². The quantitative estimate of drug-likeness (QED) is 0.218. The summed E-state index contributed by atoms with van der Waals surface area (Å²) in [5, 5.41) is 17.3. The first-order valence-electron chi connectivity index (χ1n) is 9.33. The highest BCUT2D eigenvalue weighted by atomic mass is 32.3. The molecule has 0 aliphatic heterocycles. The van der Waals surface area contributed by atoms with E-state index < -0.39 is 58.6 Å². The Morgan fingerprint density at radius 2 is 1.74 bits per heavy atom. The third kappa shape index (κ3) is 6.16. The molecule has 1 unspecified atom stereocenters. The minimum absolute atomic E-state index is 0.0286. The van der Waals surface area contributed by atoms with Gasteiger partial charge in [-0.25, -0.2) is 12.6 Å². The van der Waals surface area contributed by atoms with E-state index in [2.05, 4.69) is 14.4 Å². The van der Waals surface area contributed by atoms with Gasteiger partial charge in [0, 0.05) is 16.8 Å². The number of hydrogen-bond acceptors (Lipinski definition) is 11. The monoisotopic (exact) mass is 533 g/mol. The third-order valence-corrected chi connectivity index (χ3v) is 8.01. The molecule has 0 amide bonds. The average Bonchev–Trinajstić information content (AvgIpc) is 2.71. The van der Waals surface area contributed by atoms with Crippen molar-refractivity contribution in [1.82, 2.24) is 0 Å². The topological polar surface area (TPSA) is 223 Å². The molecule has 34 heavy (non-hydrogen) atoms. The SMILES string of the molecule is Nc1ccc2c(O)cc(S(=O)(=O)O)cc2c1N=NC1=CC(S(=O)(=O)CCOS(=O)(=O)O)CC=C1. The number of phenolic OH excluding ortho intramolecular Hbond substituents is 1. The number of rotatable bonds is 8. The molecule has 0 spiro atoms. The van der Waals surface area contributed by atoms with Crippen LogP contribution in [0.1, 0.15) is 6.42 Å². The molecule has 184 valence electrons. The van der Waals surface area contributed by atoms with Crippen LogP contribution in [0, 0.1) is 0 Å². The molecule has 0 heterocycles. The predicted octanol–water partition coefficient (Wildman–Crippen LogP) is 1.90. The first kappa shape index (κ1) is 25.7. The number of allylic oxidation sites excluding steroid dienone is 2. The van der Waals surface area contributed by atoms with Crippen molar-refractivity contribution in [1.29, 1.82) is 0 Å². The zero-order valence-corrected chi connectivity index (χ0v) is 19.6. The number of aromatic hydroxyl groups is 1. The lowest BCUT2D eigenvalue weighted by atomic mass is 10.1. The second-order valence-electron chi connectivity index (χ2n) is 7.10. The Morgan fingerprint density at radius 3 is 2.38 bits per heavy atom. The maximum absolute atomic E-state index is 12.5. The Balaban J connectivity index is 1.95. The smallest absolute Gasteiger partial charge is 0.397 e. The third-order valence-electron chi connectivity index (χ3n) is 4.73. The van der Waals surface area contributed by atoms with Crippen molar-refractivity contribution < 1.29 is 43.6 Å². The maximum atomic E-state index is 12.5. The van der Waals surface area contributed by atoms with Crippen molar-refractivity contribution in [3.8, 4) is 5.75 Å². The zero-order chi connectivity index (χ0) is 25.3. The molecule has 0 saturated heterocycles. The van der Waals surface area contributed by atoms with E-state index in [0.717, 1.165) is 12.1 Å². The van der Waals surface area contributed by atoms with E-state index in [1.165, 1.54) is 30.4 Å². The number of hydrogen-bond donors (Lipinski definition) is 4. The van der Waals surface area contributed by atoms with Crippen molar-refractivity contribution in [2.24, 2.45) is 10.2 Å². The summed E-state index contributed by atoms with van der Waals surface area (Å²) in [7, 11) is -13.3. The van der Waals surface area contributed by atoms with Crippen LogP contribution in [0.4, 0.5) is 11.4 Å². The second kappa shape index (κ2) is 9.40. The summed E-state index contributed by atoms with van der Waals surface area (Å²) in [6.45, 7) is -0.766. The van der Waals surface area contributed by atoms with E-state index in [1.807, 2.05) is 0 Å². The normalized spacial score (nSPS) is 17.4. The fourth-order valence-corrected chi connectivity index (χ4v) is 5.42. The molecule has 0 fully saturated rings. The van der Waals surface area contributed by atoms with Gasteiger partial charge in [0.1, 0.15) is 11.4 Å². The number of sulfone groups is 1. The molecular weight excluding hydrogens is 514 g/mol. The molecule has 1 aliphatic rings. The summed E-state index contributed by atoms with van der Waals surface area (Å²) in [5.41, 5.74) is 6.08. The van der Waals surface area contributed by atoms with Crippen LogP contribution in [0.25, 0.3) is 10.8 Å². The lowest BCUT2D eigenvalue weighted by molar-refractivity contribution is 0.283. The second-order valence-corrected chi connectivity index (χ2v) is 12.0. The van der Waals surface area contributed by atoms with E-state index >= 15 is 0 Å².